The van der Waals surface area contributed by atoms with Crippen molar-refractivity contribution in [2.24, 2.45) is 0 Å². The third-order valence-electron chi connectivity index (χ3n) is 10.0. The number of rotatable bonds is 7. The smallest absolute Gasteiger partial charge is 0.0549 e. The molecule has 242 valence electrons. The molecule has 2 heteroatoms. The largest absolute Gasteiger partial charge is 0.309 e. The van der Waals surface area contributed by atoms with Gasteiger partial charge in [-0.15, -0.1) is 0 Å². The average Bonchev–Trinajstić information content (AvgIpc) is 3.71. The fraction of sp³-hybridized carbons (Fsp3) is 0.0204. The zero-order chi connectivity index (χ0) is 34.3. The van der Waals surface area contributed by atoms with Gasteiger partial charge in [-0.1, -0.05) is 152 Å². The number of hydrogen-bond acceptors (Lipinski definition) is 0. The molecule has 0 aliphatic carbocycles. The molecule has 0 aliphatic rings. The quantitative estimate of drug-likeness (QED) is 0.162. The van der Waals surface area contributed by atoms with Crippen molar-refractivity contribution < 1.29 is 0 Å². The molecule has 0 aliphatic heterocycles. The predicted octanol–water partition coefficient (Wildman–Crippen LogP) is 13.4. The Morgan fingerprint density at radius 1 is 0.471 bits per heavy atom. The maximum atomic E-state index is 4.39. The summed E-state index contributed by atoms with van der Waals surface area (Å²) in [4.78, 5) is 0. The van der Waals surface area contributed by atoms with Gasteiger partial charge in [-0.05, 0) is 77.2 Å². The molecule has 2 aromatic heterocycles. The lowest BCUT2D eigenvalue weighted by atomic mass is 9.99. The molecular formula is C49H36N2. The van der Waals surface area contributed by atoms with Gasteiger partial charge in [0.2, 0.25) is 0 Å². The summed E-state index contributed by atoms with van der Waals surface area (Å²) in [6.45, 7) is 6.48. The van der Waals surface area contributed by atoms with Crippen LogP contribution in [0.1, 0.15) is 18.2 Å². The van der Waals surface area contributed by atoms with E-state index in [0.29, 0.717) is 0 Å². The van der Waals surface area contributed by atoms with Gasteiger partial charge in [0.05, 0.1) is 27.9 Å². The Morgan fingerprint density at radius 2 is 1.06 bits per heavy atom. The van der Waals surface area contributed by atoms with Crippen molar-refractivity contribution in [2.75, 3.05) is 0 Å². The van der Waals surface area contributed by atoms with Gasteiger partial charge in [-0.3, -0.25) is 0 Å². The molecule has 0 bridgehead atoms. The van der Waals surface area contributed by atoms with Crippen molar-refractivity contribution in [3.05, 3.63) is 194 Å². The van der Waals surface area contributed by atoms with Crippen LogP contribution in [0.15, 0.2) is 183 Å². The first-order chi connectivity index (χ1) is 25.2. The van der Waals surface area contributed by atoms with E-state index in [1.54, 1.807) is 0 Å². The number of hydrogen-bond donors (Lipinski definition) is 0. The van der Waals surface area contributed by atoms with Crippen molar-refractivity contribution in [2.45, 2.75) is 6.92 Å². The molecule has 2 nitrogen and oxygen atoms in total. The Balaban J connectivity index is 1.30. The monoisotopic (exact) mass is 652 g/mol. The number of aromatic nitrogens is 2. The summed E-state index contributed by atoms with van der Waals surface area (Å²) in [5.41, 5.74) is 15.2. The number of allylic oxidation sites excluding steroid dienone is 1. The molecule has 0 N–H and O–H groups in total. The SMILES string of the molecule is C=Cc1c(/C=C\C)n(-c2ccccc2-c2ccc(-c3ccccc3)cc2)c2ccc3c(c4ccccc4n3-c3cccc(-c4ccccc4)c3)c12. The fourth-order valence-electron chi connectivity index (χ4n) is 7.79. The van der Waals surface area contributed by atoms with Crippen LogP contribution in [0.4, 0.5) is 0 Å². The summed E-state index contributed by atoms with van der Waals surface area (Å²) in [5, 5.41) is 3.66. The average molecular weight is 653 g/mol. The number of fused-ring (bicyclic) bond motifs is 5. The Hall–Kier alpha value is -6.64. The van der Waals surface area contributed by atoms with Crippen LogP contribution in [-0.2, 0) is 0 Å². The molecule has 7 aromatic carbocycles. The van der Waals surface area contributed by atoms with Crippen LogP contribution in [-0.4, -0.2) is 9.13 Å². The Labute approximate surface area is 298 Å². The first kappa shape index (κ1) is 30.4. The van der Waals surface area contributed by atoms with Crippen LogP contribution < -0.4 is 0 Å². The number of nitrogens with zero attached hydrogens (tertiary/aromatic N) is 2. The van der Waals surface area contributed by atoms with Gasteiger partial charge in [0.25, 0.3) is 0 Å². The van der Waals surface area contributed by atoms with E-state index in [2.05, 4.69) is 205 Å². The second-order valence-electron chi connectivity index (χ2n) is 12.9. The molecule has 0 saturated carbocycles. The van der Waals surface area contributed by atoms with E-state index in [1.807, 2.05) is 6.08 Å². The molecular weight excluding hydrogens is 617 g/mol. The van der Waals surface area contributed by atoms with Gasteiger partial charge < -0.3 is 9.13 Å². The van der Waals surface area contributed by atoms with Crippen LogP contribution >= 0.6 is 0 Å². The van der Waals surface area contributed by atoms with Gasteiger partial charge in [-0.25, -0.2) is 0 Å². The van der Waals surface area contributed by atoms with Crippen molar-refractivity contribution in [1.29, 1.82) is 0 Å². The van der Waals surface area contributed by atoms with Crippen LogP contribution in [0.2, 0.25) is 0 Å². The normalized spacial score (nSPS) is 11.6. The van der Waals surface area contributed by atoms with Crippen LogP contribution in [0.25, 0.3) is 89.6 Å². The summed E-state index contributed by atoms with van der Waals surface area (Å²) >= 11 is 0. The standard InChI is InChI=1S/C49H36N2/c1-3-16-43-40(4-2)48-47(51(43)44-25-13-11-23-41(44)37-29-27-36(28-30-37)34-17-7-5-8-18-34)32-31-46-49(48)42-24-12-14-26-45(42)50(46)39-22-15-21-38(33-39)35-19-9-6-10-20-35/h3-33H,2H2,1H3/b16-3-. The second kappa shape index (κ2) is 12.7. The van der Waals surface area contributed by atoms with Crippen molar-refractivity contribution in [1.82, 2.24) is 9.13 Å². The summed E-state index contributed by atoms with van der Waals surface area (Å²) in [5.74, 6) is 0. The molecule has 0 radical (unpaired) electrons. The van der Waals surface area contributed by atoms with Gasteiger partial charge >= 0.3 is 0 Å². The van der Waals surface area contributed by atoms with Crippen molar-refractivity contribution in [3.8, 4) is 44.8 Å². The lowest BCUT2D eigenvalue weighted by molar-refractivity contribution is 1.11. The summed E-state index contributed by atoms with van der Waals surface area (Å²) in [7, 11) is 0. The highest BCUT2D eigenvalue weighted by Crippen LogP contribution is 2.43. The van der Waals surface area contributed by atoms with Crippen molar-refractivity contribution >= 4 is 44.9 Å². The summed E-state index contributed by atoms with van der Waals surface area (Å²) in [6.07, 6.45) is 6.39. The lowest BCUT2D eigenvalue weighted by Crippen LogP contribution is -2.00. The molecule has 0 amide bonds. The zero-order valence-corrected chi connectivity index (χ0v) is 28.5. The first-order valence-corrected chi connectivity index (χ1v) is 17.5. The van der Waals surface area contributed by atoms with Gasteiger partial charge in [0, 0.05) is 33.0 Å². The highest BCUT2D eigenvalue weighted by molar-refractivity contribution is 6.24. The maximum Gasteiger partial charge on any atom is 0.0549 e. The van der Waals surface area contributed by atoms with Crippen LogP contribution in [0.5, 0.6) is 0 Å². The molecule has 0 saturated heterocycles. The minimum absolute atomic E-state index is 1.12. The lowest BCUT2D eigenvalue weighted by Gasteiger charge is -2.15. The molecule has 2 heterocycles. The molecule has 0 unspecified atom stereocenters. The van der Waals surface area contributed by atoms with E-state index < -0.39 is 0 Å². The fourth-order valence-corrected chi connectivity index (χ4v) is 7.79. The van der Waals surface area contributed by atoms with Crippen molar-refractivity contribution in [3.63, 3.8) is 0 Å². The highest BCUT2D eigenvalue weighted by atomic mass is 15.0. The maximum absolute atomic E-state index is 4.39. The molecule has 9 aromatic rings. The van der Waals surface area contributed by atoms with Gasteiger partial charge in [0.15, 0.2) is 0 Å². The minimum atomic E-state index is 1.12. The summed E-state index contributed by atoms with van der Waals surface area (Å²) in [6, 6.07) is 61.1. The number of para-hydroxylation sites is 2. The number of benzene rings is 7. The topological polar surface area (TPSA) is 9.86 Å². The van der Waals surface area contributed by atoms with E-state index in [0.717, 1.165) is 28.1 Å². The van der Waals surface area contributed by atoms with E-state index in [-0.39, 0.29) is 0 Å². The molecule has 9 rings (SSSR count). The Kier molecular flexibility index (Phi) is 7.56. The minimum Gasteiger partial charge on any atom is -0.309 e. The molecule has 0 fully saturated rings. The Morgan fingerprint density at radius 3 is 1.78 bits per heavy atom. The van der Waals surface area contributed by atoms with Gasteiger partial charge in [0.1, 0.15) is 0 Å². The second-order valence-corrected chi connectivity index (χ2v) is 12.9. The molecule has 0 spiro atoms. The molecule has 51 heavy (non-hydrogen) atoms. The summed E-state index contributed by atoms with van der Waals surface area (Å²) < 4.78 is 4.84. The highest BCUT2D eigenvalue weighted by Gasteiger charge is 2.23. The van der Waals surface area contributed by atoms with Crippen LogP contribution in [0, 0.1) is 0 Å². The predicted molar refractivity (Wildman–Crippen MR) is 219 cm³/mol. The van der Waals surface area contributed by atoms with Crippen LogP contribution in [0.3, 0.4) is 0 Å². The Bertz CT molecular complexity index is 2740. The first-order valence-electron chi connectivity index (χ1n) is 17.5. The third kappa shape index (κ3) is 5.04. The third-order valence-corrected chi connectivity index (χ3v) is 10.0. The zero-order valence-electron chi connectivity index (χ0n) is 28.5. The van der Waals surface area contributed by atoms with E-state index >= 15 is 0 Å². The van der Waals surface area contributed by atoms with Gasteiger partial charge in [-0.2, -0.15) is 0 Å². The van der Waals surface area contributed by atoms with E-state index in [9.17, 15) is 0 Å². The van der Waals surface area contributed by atoms with E-state index in [4.69, 9.17) is 0 Å². The van der Waals surface area contributed by atoms with E-state index in [1.165, 1.54) is 60.6 Å². The molecule has 0 atom stereocenters.